The first-order valence-electron chi connectivity index (χ1n) is 9.42. The summed E-state index contributed by atoms with van der Waals surface area (Å²) in [6.45, 7) is 3.54. The number of fused-ring (bicyclic) bond motifs is 1. The fraction of sp³-hybridized carbons (Fsp3) is 0.450. The molecule has 0 unspecified atom stereocenters. The van der Waals surface area contributed by atoms with Crippen LogP contribution >= 0.6 is 0 Å². The zero-order valence-corrected chi connectivity index (χ0v) is 16.1. The summed E-state index contributed by atoms with van der Waals surface area (Å²) in [5, 5.41) is 24.4. The number of anilines is 1. The Morgan fingerprint density at radius 3 is 2.74 bits per heavy atom. The molecule has 142 valence electrons. The molecular weight excluding hydrogens is 340 g/mol. The Bertz CT molecular complexity index is 925. The lowest BCUT2D eigenvalue weighted by Crippen LogP contribution is -2.59. The van der Waals surface area contributed by atoms with Gasteiger partial charge in [0, 0.05) is 13.1 Å². The Balaban J connectivity index is 1.72. The van der Waals surface area contributed by atoms with Crippen LogP contribution in [-0.2, 0) is 12.0 Å². The molecule has 1 aliphatic rings. The van der Waals surface area contributed by atoms with Gasteiger partial charge >= 0.3 is 0 Å². The van der Waals surface area contributed by atoms with Crippen LogP contribution < -0.4 is 4.90 Å². The van der Waals surface area contributed by atoms with Gasteiger partial charge in [0.1, 0.15) is 11.9 Å². The molecule has 7 heteroatoms. The summed E-state index contributed by atoms with van der Waals surface area (Å²) in [6.07, 6.45) is 3.13. The minimum atomic E-state index is -0.883. The highest BCUT2D eigenvalue weighted by Crippen LogP contribution is 2.37. The van der Waals surface area contributed by atoms with Crippen LogP contribution in [0, 0.1) is 0 Å². The fourth-order valence-corrected chi connectivity index (χ4v) is 4.06. The minimum Gasteiger partial charge on any atom is -0.383 e. The number of hydrogen-bond donors (Lipinski definition) is 1. The molecule has 3 aromatic rings. The van der Waals surface area contributed by atoms with Gasteiger partial charge < -0.3 is 14.9 Å². The second-order valence-corrected chi connectivity index (χ2v) is 7.44. The van der Waals surface area contributed by atoms with Gasteiger partial charge in [-0.25, -0.2) is 0 Å². The molecule has 4 rings (SSSR count). The Morgan fingerprint density at radius 1 is 1.26 bits per heavy atom. The maximum absolute atomic E-state index is 11.6. The molecule has 0 radical (unpaired) electrons. The van der Waals surface area contributed by atoms with Crippen LogP contribution in [0.2, 0.25) is 0 Å². The molecule has 7 nitrogen and oxygen atoms in total. The van der Waals surface area contributed by atoms with Gasteiger partial charge in [0.15, 0.2) is 0 Å². The van der Waals surface area contributed by atoms with Crippen molar-refractivity contribution in [3.8, 4) is 0 Å². The lowest BCUT2D eigenvalue weighted by atomic mass is 9.79. The lowest BCUT2D eigenvalue weighted by Gasteiger charge is -2.48. The van der Waals surface area contributed by atoms with E-state index in [4.69, 9.17) is 0 Å². The average Bonchev–Trinajstić information content (AvgIpc) is 3.16. The van der Waals surface area contributed by atoms with E-state index in [9.17, 15) is 5.11 Å². The van der Waals surface area contributed by atoms with Crippen LogP contribution in [0.1, 0.15) is 24.6 Å². The van der Waals surface area contributed by atoms with E-state index in [1.807, 2.05) is 44.4 Å². The molecule has 1 fully saturated rings. The number of likely N-dealkylation sites (N-methyl/N-ethyl adjacent to an activating group) is 1. The van der Waals surface area contributed by atoms with Gasteiger partial charge in [-0.1, -0.05) is 37.3 Å². The SMILES string of the molecule is CCc1cc(N2CC[C@](O)(c3ccccc3)[C@H](N(C)C)C2)c2nncn2n1. The van der Waals surface area contributed by atoms with Crippen molar-refractivity contribution in [2.45, 2.75) is 31.4 Å². The first-order chi connectivity index (χ1) is 13.0. The number of piperidine rings is 1. The van der Waals surface area contributed by atoms with Crippen LogP contribution in [0.4, 0.5) is 5.69 Å². The lowest BCUT2D eigenvalue weighted by molar-refractivity contribution is -0.0526. The predicted molar refractivity (Wildman–Crippen MR) is 105 cm³/mol. The molecule has 0 aliphatic carbocycles. The van der Waals surface area contributed by atoms with Crippen molar-refractivity contribution in [2.75, 3.05) is 32.1 Å². The van der Waals surface area contributed by atoms with Crippen LogP contribution in [0.25, 0.3) is 5.65 Å². The largest absolute Gasteiger partial charge is 0.383 e. The topological polar surface area (TPSA) is 69.8 Å². The Labute approximate surface area is 159 Å². The number of nitrogens with zero attached hydrogens (tertiary/aromatic N) is 6. The molecule has 2 atom stereocenters. The van der Waals surface area contributed by atoms with E-state index in [2.05, 4.69) is 38.1 Å². The number of aliphatic hydroxyl groups is 1. The fourth-order valence-electron chi connectivity index (χ4n) is 4.06. The molecule has 0 saturated carbocycles. The van der Waals surface area contributed by atoms with Gasteiger partial charge in [-0.3, -0.25) is 0 Å². The third kappa shape index (κ3) is 3.07. The zero-order chi connectivity index (χ0) is 19.0. The number of aryl methyl sites for hydroxylation is 1. The van der Waals surface area contributed by atoms with E-state index < -0.39 is 5.60 Å². The Hall–Kier alpha value is -2.51. The molecule has 0 amide bonds. The van der Waals surface area contributed by atoms with Crippen LogP contribution in [0.5, 0.6) is 0 Å². The summed E-state index contributed by atoms with van der Waals surface area (Å²) < 4.78 is 1.75. The van der Waals surface area contributed by atoms with E-state index in [1.165, 1.54) is 0 Å². The van der Waals surface area contributed by atoms with Crippen LogP contribution in [0.15, 0.2) is 42.7 Å². The third-order valence-corrected chi connectivity index (χ3v) is 5.61. The highest BCUT2D eigenvalue weighted by atomic mass is 16.3. The maximum atomic E-state index is 11.6. The van der Waals surface area contributed by atoms with Crippen molar-refractivity contribution in [1.29, 1.82) is 0 Å². The Morgan fingerprint density at radius 2 is 2.04 bits per heavy atom. The van der Waals surface area contributed by atoms with Crippen molar-refractivity contribution in [1.82, 2.24) is 24.7 Å². The van der Waals surface area contributed by atoms with E-state index in [1.54, 1.807) is 10.8 Å². The van der Waals surface area contributed by atoms with Gasteiger partial charge in [-0.05, 0) is 38.6 Å². The van der Waals surface area contributed by atoms with Gasteiger partial charge in [0.25, 0.3) is 0 Å². The van der Waals surface area contributed by atoms with Gasteiger partial charge in [0.05, 0.1) is 17.4 Å². The molecule has 1 aromatic carbocycles. The van der Waals surface area contributed by atoms with E-state index >= 15 is 0 Å². The molecule has 1 saturated heterocycles. The maximum Gasteiger partial charge on any atom is 0.200 e. The van der Waals surface area contributed by atoms with Crippen LogP contribution in [-0.4, -0.2) is 63.0 Å². The second-order valence-electron chi connectivity index (χ2n) is 7.44. The third-order valence-electron chi connectivity index (χ3n) is 5.61. The molecule has 2 aromatic heterocycles. The summed E-state index contributed by atoms with van der Waals surface area (Å²) in [6, 6.07) is 12.1. The quantitative estimate of drug-likeness (QED) is 0.758. The predicted octanol–water partition coefficient (Wildman–Crippen LogP) is 1.71. The first-order valence-corrected chi connectivity index (χ1v) is 9.42. The zero-order valence-electron chi connectivity index (χ0n) is 16.1. The first kappa shape index (κ1) is 17.9. The van der Waals surface area contributed by atoms with Gasteiger partial charge in [-0.2, -0.15) is 9.61 Å². The minimum absolute atomic E-state index is 0.0464. The summed E-state index contributed by atoms with van der Waals surface area (Å²) >= 11 is 0. The average molecular weight is 366 g/mol. The van der Waals surface area contributed by atoms with Crippen molar-refractivity contribution >= 4 is 11.3 Å². The Kier molecular flexibility index (Phi) is 4.57. The number of benzene rings is 1. The van der Waals surface area contributed by atoms with Crippen LogP contribution in [0.3, 0.4) is 0 Å². The van der Waals surface area contributed by atoms with Crippen molar-refractivity contribution in [2.24, 2.45) is 0 Å². The molecule has 1 N–H and O–H groups in total. The summed E-state index contributed by atoms with van der Waals surface area (Å²) in [5.41, 5.74) is 2.88. The highest BCUT2D eigenvalue weighted by Gasteiger charge is 2.44. The standard InChI is InChI=1S/C20H26N6O/c1-4-16-12-17(19-22-21-14-26(19)23-16)25-11-10-20(27,18(13-25)24(2)3)15-8-6-5-7-9-15/h5-9,12,14,18,27H,4,10-11,13H2,1-3H3/t18-,20+/m1/s1. The molecule has 1 aliphatic heterocycles. The van der Waals surface area contributed by atoms with E-state index in [0.29, 0.717) is 13.0 Å². The van der Waals surface area contributed by atoms with Crippen molar-refractivity contribution < 1.29 is 5.11 Å². The van der Waals surface area contributed by atoms with Crippen molar-refractivity contribution in [3.63, 3.8) is 0 Å². The second kappa shape index (κ2) is 6.90. The van der Waals surface area contributed by atoms with E-state index in [0.717, 1.165) is 35.6 Å². The number of rotatable bonds is 4. The molecule has 3 heterocycles. The molecule has 0 spiro atoms. The highest BCUT2D eigenvalue weighted by molar-refractivity contribution is 5.68. The van der Waals surface area contributed by atoms with Gasteiger partial charge in [0.2, 0.25) is 5.65 Å². The molecule has 27 heavy (non-hydrogen) atoms. The number of hydrogen-bond acceptors (Lipinski definition) is 6. The number of aromatic nitrogens is 4. The smallest absolute Gasteiger partial charge is 0.200 e. The van der Waals surface area contributed by atoms with Gasteiger partial charge in [-0.15, -0.1) is 10.2 Å². The molecule has 0 bridgehead atoms. The summed E-state index contributed by atoms with van der Waals surface area (Å²) in [7, 11) is 4.05. The summed E-state index contributed by atoms with van der Waals surface area (Å²) in [4.78, 5) is 4.41. The normalized spacial score (nSPS) is 23.3. The molecular formula is C20H26N6O. The van der Waals surface area contributed by atoms with E-state index in [-0.39, 0.29) is 6.04 Å². The van der Waals surface area contributed by atoms with Crippen molar-refractivity contribution in [3.05, 3.63) is 54.0 Å². The monoisotopic (exact) mass is 366 g/mol. The summed E-state index contributed by atoms with van der Waals surface area (Å²) in [5.74, 6) is 0.